The Morgan fingerprint density at radius 1 is 1.21 bits per heavy atom. The fourth-order valence-electron chi connectivity index (χ4n) is 2.69. The molecule has 1 heterocycles. The summed E-state index contributed by atoms with van der Waals surface area (Å²) in [6.07, 6.45) is 1.65. The van der Waals surface area contributed by atoms with Gasteiger partial charge in [0.2, 0.25) is 5.91 Å². The van der Waals surface area contributed by atoms with Crippen LogP contribution in [0.1, 0.15) is 24.5 Å². The molecular formula is C20H20Br2N2O4. The number of hydrogen-bond donors (Lipinski definition) is 1. The average molecular weight is 512 g/mol. The predicted octanol–water partition coefficient (Wildman–Crippen LogP) is 4.39. The Balaban J connectivity index is 1.57. The van der Waals surface area contributed by atoms with Gasteiger partial charge in [-0.25, -0.2) is 5.43 Å². The summed E-state index contributed by atoms with van der Waals surface area (Å²) < 4.78 is 18.3. The van der Waals surface area contributed by atoms with E-state index in [1.807, 2.05) is 42.5 Å². The number of hydrazone groups is 1. The Hall–Kier alpha value is -1.74. The molecule has 0 saturated carbocycles. The Labute approximate surface area is 180 Å². The number of nitrogens with one attached hydrogen (secondary N) is 1. The average Bonchev–Trinajstić information content (AvgIpc) is 3.08. The number of nitrogens with zero attached hydrogens (tertiary/aromatic N) is 1. The van der Waals surface area contributed by atoms with E-state index in [-0.39, 0.29) is 12.3 Å². The van der Waals surface area contributed by atoms with Crippen LogP contribution in [-0.2, 0) is 20.9 Å². The SMILES string of the molecule is CC1(CC(=O)NN=Cc2cc(Br)c(OCc3ccccc3)c(Br)c2)OCCO1. The highest BCUT2D eigenvalue weighted by molar-refractivity contribution is 9.11. The number of rotatable bonds is 7. The summed E-state index contributed by atoms with van der Waals surface area (Å²) in [5.41, 5.74) is 4.37. The number of hydrogen-bond acceptors (Lipinski definition) is 5. The number of carbonyl (C=O) groups is 1. The smallest absolute Gasteiger partial charge is 0.245 e. The Kier molecular flexibility index (Phi) is 7.23. The van der Waals surface area contributed by atoms with Gasteiger partial charge in [0.05, 0.1) is 34.8 Å². The summed E-state index contributed by atoms with van der Waals surface area (Å²) in [6, 6.07) is 13.7. The first-order valence-electron chi connectivity index (χ1n) is 8.71. The van der Waals surface area contributed by atoms with Crippen LogP contribution in [0, 0.1) is 0 Å². The van der Waals surface area contributed by atoms with Crippen molar-refractivity contribution >= 4 is 44.0 Å². The van der Waals surface area contributed by atoms with Gasteiger partial charge in [0, 0.05) is 0 Å². The third kappa shape index (κ3) is 5.88. The minimum atomic E-state index is -0.872. The van der Waals surface area contributed by atoms with Crippen molar-refractivity contribution in [1.29, 1.82) is 0 Å². The third-order valence-corrected chi connectivity index (χ3v) is 5.21. The van der Waals surface area contributed by atoms with E-state index in [0.29, 0.717) is 25.6 Å². The maximum atomic E-state index is 12.0. The first kappa shape index (κ1) is 21.0. The van der Waals surface area contributed by atoms with Crippen LogP contribution < -0.4 is 10.2 Å². The number of benzene rings is 2. The molecule has 0 unspecified atom stereocenters. The molecular weight excluding hydrogens is 492 g/mol. The van der Waals surface area contributed by atoms with E-state index in [9.17, 15) is 4.79 Å². The van der Waals surface area contributed by atoms with Crippen LogP contribution in [0.2, 0.25) is 0 Å². The predicted molar refractivity (Wildman–Crippen MR) is 113 cm³/mol. The lowest BCUT2D eigenvalue weighted by atomic mass is 10.2. The van der Waals surface area contributed by atoms with Crippen molar-refractivity contribution in [3.63, 3.8) is 0 Å². The van der Waals surface area contributed by atoms with Gasteiger partial charge in [-0.1, -0.05) is 30.3 Å². The lowest BCUT2D eigenvalue weighted by molar-refractivity contribution is -0.159. The lowest BCUT2D eigenvalue weighted by Crippen LogP contribution is -2.33. The third-order valence-electron chi connectivity index (χ3n) is 4.03. The molecule has 1 N–H and O–H groups in total. The normalized spacial score (nSPS) is 15.7. The quantitative estimate of drug-likeness (QED) is 0.442. The maximum absolute atomic E-state index is 12.0. The van der Waals surface area contributed by atoms with Crippen LogP contribution >= 0.6 is 31.9 Å². The van der Waals surface area contributed by atoms with E-state index in [0.717, 1.165) is 20.1 Å². The molecule has 2 aromatic carbocycles. The van der Waals surface area contributed by atoms with Gasteiger partial charge in [-0.15, -0.1) is 0 Å². The molecule has 1 saturated heterocycles. The number of ether oxygens (including phenoxy) is 3. The van der Waals surface area contributed by atoms with Crippen LogP contribution in [0.3, 0.4) is 0 Å². The van der Waals surface area contributed by atoms with Crippen LogP contribution in [0.4, 0.5) is 0 Å². The molecule has 1 aliphatic rings. The molecule has 1 fully saturated rings. The van der Waals surface area contributed by atoms with Gasteiger partial charge in [-0.2, -0.15) is 5.10 Å². The van der Waals surface area contributed by atoms with Crippen molar-refractivity contribution in [2.24, 2.45) is 5.10 Å². The largest absolute Gasteiger partial charge is 0.487 e. The van der Waals surface area contributed by atoms with Crippen molar-refractivity contribution in [2.45, 2.75) is 25.7 Å². The van der Waals surface area contributed by atoms with Gasteiger partial charge in [0.1, 0.15) is 12.4 Å². The fourth-order valence-corrected chi connectivity index (χ4v) is 4.14. The Morgan fingerprint density at radius 2 is 1.86 bits per heavy atom. The zero-order valence-corrected chi connectivity index (χ0v) is 18.5. The summed E-state index contributed by atoms with van der Waals surface area (Å²) in [7, 11) is 0. The molecule has 0 radical (unpaired) electrons. The molecule has 1 amide bonds. The zero-order chi connectivity index (χ0) is 20.0. The summed E-state index contributed by atoms with van der Waals surface area (Å²) in [5, 5.41) is 4.00. The van der Waals surface area contributed by atoms with Crippen molar-refractivity contribution in [3.05, 3.63) is 62.5 Å². The van der Waals surface area contributed by atoms with Crippen LogP contribution in [0.5, 0.6) is 5.75 Å². The molecule has 0 bridgehead atoms. The maximum Gasteiger partial charge on any atom is 0.245 e. The zero-order valence-electron chi connectivity index (χ0n) is 15.3. The Bertz CT molecular complexity index is 830. The minimum absolute atomic E-state index is 0.0873. The van der Waals surface area contributed by atoms with E-state index < -0.39 is 5.79 Å². The molecule has 0 atom stereocenters. The summed E-state index contributed by atoms with van der Waals surface area (Å²) in [5.74, 6) is -0.446. The van der Waals surface area contributed by atoms with Crippen LogP contribution in [-0.4, -0.2) is 31.1 Å². The molecule has 2 aromatic rings. The van der Waals surface area contributed by atoms with Crippen LogP contribution in [0.25, 0.3) is 0 Å². The molecule has 0 spiro atoms. The second-order valence-corrected chi connectivity index (χ2v) is 8.10. The molecule has 6 nitrogen and oxygen atoms in total. The summed E-state index contributed by atoms with van der Waals surface area (Å²) in [4.78, 5) is 12.0. The highest BCUT2D eigenvalue weighted by atomic mass is 79.9. The van der Waals surface area contributed by atoms with Gasteiger partial charge in [0.25, 0.3) is 0 Å². The molecule has 0 aromatic heterocycles. The monoisotopic (exact) mass is 510 g/mol. The second kappa shape index (κ2) is 9.65. The molecule has 148 valence electrons. The van der Waals surface area contributed by atoms with Gasteiger partial charge in [-0.3, -0.25) is 4.79 Å². The summed E-state index contributed by atoms with van der Waals surface area (Å²) in [6.45, 7) is 3.19. The van der Waals surface area contributed by atoms with E-state index in [2.05, 4.69) is 42.4 Å². The lowest BCUT2D eigenvalue weighted by Gasteiger charge is -2.20. The fraction of sp³-hybridized carbons (Fsp3) is 0.300. The molecule has 8 heteroatoms. The topological polar surface area (TPSA) is 69.2 Å². The standard InChI is InChI=1S/C20H20Br2N2O4/c1-20(27-7-8-28-20)11-18(25)24-23-12-15-9-16(21)19(17(22)10-15)26-13-14-5-3-2-4-6-14/h2-6,9-10,12H,7-8,11,13H2,1H3,(H,24,25). The number of carbonyl (C=O) groups excluding carboxylic acids is 1. The van der Waals surface area contributed by atoms with Gasteiger partial charge < -0.3 is 14.2 Å². The minimum Gasteiger partial charge on any atom is -0.487 e. The highest BCUT2D eigenvalue weighted by Crippen LogP contribution is 2.35. The van der Waals surface area contributed by atoms with Crippen molar-refractivity contribution in [3.8, 4) is 5.75 Å². The molecule has 28 heavy (non-hydrogen) atoms. The summed E-state index contributed by atoms with van der Waals surface area (Å²) >= 11 is 7.04. The number of halogens is 2. The first-order chi connectivity index (χ1) is 13.5. The molecule has 0 aliphatic carbocycles. The Morgan fingerprint density at radius 3 is 2.50 bits per heavy atom. The van der Waals surface area contributed by atoms with Crippen LogP contribution in [0.15, 0.2) is 56.5 Å². The van der Waals surface area contributed by atoms with Gasteiger partial charge in [-0.05, 0) is 62.0 Å². The van der Waals surface area contributed by atoms with Gasteiger partial charge in [0.15, 0.2) is 5.79 Å². The van der Waals surface area contributed by atoms with Crippen molar-refractivity contribution in [1.82, 2.24) is 5.43 Å². The molecule has 3 rings (SSSR count). The van der Waals surface area contributed by atoms with Gasteiger partial charge >= 0.3 is 0 Å². The molecule has 1 aliphatic heterocycles. The highest BCUT2D eigenvalue weighted by Gasteiger charge is 2.33. The first-order valence-corrected chi connectivity index (χ1v) is 10.3. The van der Waals surface area contributed by atoms with E-state index in [1.54, 1.807) is 13.1 Å². The van der Waals surface area contributed by atoms with E-state index >= 15 is 0 Å². The van der Waals surface area contributed by atoms with Crippen molar-refractivity contribution in [2.75, 3.05) is 13.2 Å². The van der Waals surface area contributed by atoms with Crippen molar-refractivity contribution < 1.29 is 19.0 Å². The van der Waals surface area contributed by atoms with E-state index in [4.69, 9.17) is 14.2 Å². The van der Waals surface area contributed by atoms with E-state index in [1.165, 1.54) is 0 Å². The second-order valence-electron chi connectivity index (χ2n) is 6.39. The number of amides is 1.